The van der Waals surface area contributed by atoms with E-state index in [0.717, 1.165) is 32.6 Å². The van der Waals surface area contributed by atoms with Crippen LogP contribution in [0.5, 0.6) is 0 Å². The van der Waals surface area contributed by atoms with Gasteiger partial charge >= 0.3 is 5.97 Å². The first-order valence-corrected chi connectivity index (χ1v) is 7.98. The molecule has 0 saturated carbocycles. The summed E-state index contributed by atoms with van der Waals surface area (Å²) in [5, 5.41) is 3.21. The molecule has 118 valence electrons. The lowest BCUT2D eigenvalue weighted by atomic mass is 10.2. The minimum absolute atomic E-state index is 0.123. The van der Waals surface area contributed by atoms with Crippen LogP contribution in [0.15, 0.2) is 0 Å². The van der Waals surface area contributed by atoms with Crippen molar-refractivity contribution >= 4 is 5.97 Å². The molecule has 1 N–H and O–H groups in total. The number of nitrogens with zero attached hydrogens (tertiary/aromatic N) is 2. The Morgan fingerprint density at radius 3 is 2.60 bits per heavy atom. The molecule has 1 fully saturated rings. The highest BCUT2D eigenvalue weighted by atomic mass is 16.5. The van der Waals surface area contributed by atoms with E-state index in [-0.39, 0.29) is 12.0 Å². The summed E-state index contributed by atoms with van der Waals surface area (Å²) in [6.07, 6.45) is 3.49. The molecular formula is C15H31N3O2. The molecule has 1 heterocycles. The van der Waals surface area contributed by atoms with E-state index >= 15 is 0 Å². The molecule has 1 saturated heterocycles. The highest BCUT2D eigenvalue weighted by Crippen LogP contribution is 2.06. The minimum atomic E-state index is -0.172. The Morgan fingerprint density at radius 2 is 2.00 bits per heavy atom. The van der Waals surface area contributed by atoms with E-state index in [1.165, 1.54) is 25.9 Å². The molecule has 0 aromatic rings. The molecule has 0 bridgehead atoms. The van der Waals surface area contributed by atoms with Crippen LogP contribution in [-0.2, 0) is 9.53 Å². The maximum Gasteiger partial charge on any atom is 0.323 e. The smallest absolute Gasteiger partial charge is 0.323 e. The first kappa shape index (κ1) is 17.4. The van der Waals surface area contributed by atoms with Crippen LogP contribution < -0.4 is 5.32 Å². The summed E-state index contributed by atoms with van der Waals surface area (Å²) >= 11 is 0. The van der Waals surface area contributed by atoms with Crippen molar-refractivity contribution in [1.29, 1.82) is 0 Å². The van der Waals surface area contributed by atoms with Crippen LogP contribution in [0.2, 0.25) is 0 Å². The number of carbonyl (C=O) groups is 1. The fourth-order valence-corrected chi connectivity index (χ4v) is 2.57. The summed E-state index contributed by atoms with van der Waals surface area (Å²) < 4.78 is 5.10. The standard InChI is InChI=1S/C15H31N3O2/c1-4-16-14(15(19)20-5-2)8-11-17(3)12-13-18-9-6-7-10-18/h14,16H,4-13H2,1-3H3. The molecular weight excluding hydrogens is 254 g/mol. The third kappa shape index (κ3) is 6.68. The maximum absolute atomic E-state index is 11.8. The van der Waals surface area contributed by atoms with E-state index in [1.54, 1.807) is 0 Å². The topological polar surface area (TPSA) is 44.8 Å². The largest absolute Gasteiger partial charge is 0.465 e. The number of likely N-dealkylation sites (tertiary alicyclic amines) is 1. The molecule has 1 aliphatic rings. The van der Waals surface area contributed by atoms with Crippen molar-refractivity contribution in [2.75, 3.05) is 52.9 Å². The van der Waals surface area contributed by atoms with Crippen LogP contribution in [0.1, 0.15) is 33.1 Å². The summed E-state index contributed by atoms with van der Waals surface area (Å²) in [4.78, 5) is 16.6. The summed E-state index contributed by atoms with van der Waals surface area (Å²) in [5.41, 5.74) is 0. The van der Waals surface area contributed by atoms with Gasteiger partial charge in [0.1, 0.15) is 6.04 Å². The van der Waals surface area contributed by atoms with Crippen molar-refractivity contribution in [2.24, 2.45) is 0 Å². The van der Waals surface area contributed by atoms with Crippen LogP contribution in [0.25, 0.3) is 0 Å². The average molecular weight is 285 g/mol. The van der Waals surface area contributed by atoms with E-state index in [2.05, 4.69) is 22.2 Å². The van der Waals surface area contributed by atoms with Crippen LogP contribution in [-0.4, -0.2) is 74.7 Å². The predicted molar refractivity (Wildman–Crippen MR) is 81.9 cm³/mol. The molecule has 1 aliphatic heterocycles. The summed E-state index contributed by atoms with van der Waals surface area (Å²) in [6.45, 7) is 10.7. The molecule has 20 heavy (non-hydrogen) atoms. The molecule has 0 radical (unpaired) electrons. The second-order valence-electron chi connectivity index (χ2n) is 5.50. The maximum atomic E-state index is 11.8. The molecule has 0 aromatic carbocycles. The fraction of sp³-hybridized carbons (Fsp3) is 0.933. The number of hydrogen-bond donors (Lipinski definition) is 1. The lowest BCUT2D eigenvalue weighted by Crippen LogP contribution is -2.41. The molecule has 5 heteroatoms. The first-order valence-electron chi connectivity index (χ1n) is 7.98. The number of rotatable bonds is 10. The Balaban J connectivity index is 2.21. The zero-order valence-electron chi connectivity index (χ0n) is 13.4. The lowest BCUT2D eigenvalue weighted by Gasteiger charge is -2.23. The van der Waals surface area contributed by atoms with Gasteiger partial charge in [0.05, 0.1) is 6.61 Å². The van der Waals surface area contributed by atoms with Gasteiger partial charge in [0, 0.05) is 13.1 Å². The zero-order chi connectivity index (χ0) is 14.8. The molecule has 5 nitrogen and oxygen atoms in total. The van der Waals surface area contributed by atoms with Gasteiger partial charge in [-0.15, -0.1) is 0 Å². The second-order valence-corrected chi connectivity index (χ2v) is 5.50. The van der Waals surface area contributed by atoms with E-state index in [1.807, 2.05) is 13.8 Å². The Kier molecular flexibility index (Phi) is 8.82. The number of nitrogens with one attached hydrogen (secondary N) is 1. The molecule has 1 unspecified atom stereocenters. The molecule has 0 amide bonds. The molecule has 0 aliphatic carbocycles. The van der Waals surface area contributed by atoms with Crippen LogP contribution >= 0.6 is 0 Å². The van der Waals surface area contributed by atoms with Crippen molar-refractivity contribution in [3.05, 3.63) is 0 Å². The quantitative estimate of drug-likeness (QED) is 0.605. The van der Waals surface area contributed by atoms with E-state index < -0.39 is 0 Å². The van der Waals surface area contributed by atoms with Gasteiger partial charge in [-0.05, 0) is 59.4 Å². The summed E-state index contributed by atoms with van der Waals surface area (Å²) in [6, 6.07) is -0.172. The zero-order valence-corrected chi connectivity index (χ0v) is 13.4. The van der Waals surface area contributed by atoms with Crippen molar-refractivity contribution in [2.45, 2.75) is 39.2 Å². The highest BCUT2D eigenvalue weighted by molar-refractivity contribution is 5.75. The molecule has 1 rings (SSSR count). The van der Waals surface area contributed by atoms with Crippen molar-refractivity contribution < 1.29 is 9.53 Å². The van der Waals surface area contributed by atoms with Crippen molar-refractivity contribution in [3.8, 4) is 0 Å². The van der Waals surface area contributed by atoms with Gasteiger partial charge in [-0.25, -0.2) is 0 Å². The van der Waals surface area contributed by atoms with Gasteiger partial charge < -0.3 is 19.9 Å². The van der Waals surface area contributed by atoms with Crippen molar-refractivity contribution in [3.63, 3.8) is 0 Å². The Morgan fingerprint density at radius 1 is 1.30 bits per heavy atom. The van der Waals surface area contributed by atoms with Gasteiger partial charge in [0.25, 0.3) is 0 Å². The number of ether oxygens (including phenoxy) is 1. The van der Waals surface area contributed by atoms with Crippen LogP contribution in [0.3, 0.4) is 0 Å². The molecule has 0 aromatic heterocycles. The Bertz CT molecular complexity index is 268. The van der Waals surface area contributed by atoms with Crippen molar-refractivity contribution in [1.82, 2.24) is 15.1 Å². The Labute approximate surface area is 123 Å². The van der Waals surface area contributed by atoms with E-state index in [0.29, 0.717) is 6.61 Å². The first-order chi connectivity index (χ1) is 9.67. The van der Waals surface area contributed by atoms with Crippen LogP contribution in [0.4, 0.5) is 0 Å². The third-order valence-corrected chi connectivity index (χ3v) is 3.82. The van der Waals surface area contributed by atoms with Gasteiger partial charge in [-0.2, -0.15) is 0 Å². The summed E-state index contributed by atoms with van der Waals surface area (Å²) in [5.74, 6) is -0.123. The average Bonchev–Trinajstić information content (AvgIpc) is 2.94. The Hall–Kier alpha value is -0.650. The summed E-state index contributed by atoms with van der Waals surface area (Å²) in [7, 11) is 2.13. The number of esters is 1. The third-order valence-electron chi connectivity index (χ3n) is 3.82. The van der Waals surface area contributed by atoms with Gasteiger partial charge in [0.2, 0.25) is 0 Å². The lowest BCUT2D eigenvalue weighted by molar-refractivity contribution is -0.145. The predicted octanol–water partition coefficient (Wildman–Crippen LogP) is 0.945. The van der Waals surface area contributed by atoms with E-state index in [4.69, 9.17) is 4.74 Å². The normalized spacial score (nSPS) is 17.6. The van der Waals surface area contributed by atoms with Gasteiger partial charge in [-0.1, -0.05) is 6.92 Å². The van der Waals surface area contributed by atoms with Crippen LogP contribution in [0, 0.1) is 0 Å². The minimum Gasteiger partial charge on any atom is -0.465 e. The number of hydrogen-bond acceptors (Lipinski definition) is 5. The van der Waals surface area contributed by atoms with Gasteiger partial charge in [-0.3, -0.25) is 4.79 Å². The number of likely N-dealkylation sites (N-methyl/N-ethyl adjacent to an activating group) is 2. The second kappa shape index (κ2) is 10.1. The van der Waals surface area contributed by atoms with E-state index in [9.17, 15) is 4.79 Å². The molecule has 1 atom stereocenters. The van der Waals surface area contributed by atoms with Gasteiger partial charge in [0.15, 0.2) is 0 Å². The monoisotopic (exact) mass is 285 g/mol. The number of carbonyl (C=O) groups excluding carboxylic acids is 1. The highest BCUT2D eigenvalue weighted by Gasteiger charge is 2.19. The fourth-order valence-electron chi connectivity index (χ4n) is 2.57. The SMILES string of the molecule is CCNC(CCN(C)CCN1CCCC1)C(=O)OCC. The molecule has 0 spiro atoms.